The van der Waals surface area contributed by atoms with Crippen molar-refractivity contribution in [2.75, 3.05) is 26.2 Å². The Morgan fingerprint density at radius 3 is 0.725 bits per heavy atom. The summed E-state index contributed by atoms with van der Waals surface area (Å²) in [6, 6.07) is 19.7. The molecule has 10 nitrogen and oxygen atoms in total. The minimum atomic E-state index is -3.80. The molecule has 450 valence electrons. The summed E-state index contributed by atoms with van der Waals surface area (Å²) in [5.74, 6) is 0.945. The molecule has 0 atom stereocenters. The second-order valence-corrected chi connectivity index (χ2v) is 26.6. The number of hydrogen-bond acceptors (Lipinski definition) is 8. The smallest absolute Gasteiger partial charge is 0.243 e. The normalized spacial score (nSPS) is 11.8. The van der Waals surface area contributed by atoms with E-state index < -0.39 is 20.0 Å². The van der Waals surface area contributed by atoms with Crippen LogP contribution in [0.4, 0.5) is 0 Å². The zero-order valence-corrected chi connectivity index (χ0v) is 52.6. The Kier molecular flexibility index (Phi) is 39.2. The summed E-state index contributed by atoms with van der Waals surface area (Å²) in [6.45, 7) is 10.9. The lowest BCUT2D eigenvalue weighted by molar-refractivity contribution is 0.382. The summed E-state index contributed by atoms with van der Waals surface area (Å²) < 4.78 is 73.3. The molecule has 0 amide bonds. The number of nitrogens with zero attached hydrogens (tertiary/aromatic N) is 4. The first-order valence-corrected chi connectivity index (χ1v) is 35.5. The number of ether oxygens (including phenoxy) is 2. The molecule has 0 saturated heterocycles. The Bertz CT molecular complexity index is 2130. The molecule has 0 spiro atoms. The Morgan fingerprint density at radius 2 is 0.525 bits per heavy atom. The van der Waals surface area contributed by atoms with Gasteiger partial charge in [-0.2, -0.15) is 19.1 Å². The van der Waals surface area contributed by atoms with Gasteiger partial charge >= 0.3 is 0 Å². The van der Waals surface area contributed by atoms with E-state index in [9.17, 15) is 27.4 Å². The number of rotatable bonds is 52. The van der Waals surface area contributed by atoms with Crippen LogP contribution >= 0.6 is 0 Å². The van der Waals surface area contributed by atoms with E-state index in [2.05, 4.69) is 39.8 Å². The summed E-state index contributed by atoms with van der Waals surface area (Å²) in [7, 11) is -7.59. The van der Waals surface area contributed by atoms with Gasteiger partial charge < -0.3 is 9.47 Å². The van der Waals surface area contributed by atoms with E-state index in [1.165, 1.54) is 192 Å². The summed E-state index contributed by atoms with van der Waals surface area (Å²) in [5.41, 5.74) is 0.185. The first-order valence-electron chi connectivity index (χ1n) is 32.6. The lowest BCUT2D eigenvalue weighted by atomic mass is 10.1. The van der Waals surface area contributed by atoms with E-state index in [0.717, 1.165) is 77.0 Å². The predicted octanol–water partition coefficient (Wildman–Crippen LogP) is 20.7. The molecular formula is C68H110N4O6S2. The Morgan fingerprint density at radius 1 is 0.325 bits per heavy atom. The largest absolute Gasteiger partial charge is 0.453 e. The maximum Gasteiger partial charge on any atom is 0.243 e. The van der Waals surface area contributed by atoms with E-state index in [-0.39, 0.29) is 32.4 Å². The third-order valence-electron chi connectivity index (χ3n) is 15.7. The molecule has 80 heavy (non-hydrogen) atoms. The van der Waals surface area contributed by atoms with Crippen LogP contribution in [0.15, 0.2) is 70.5 Å². The highest BCUT2D eigenvalue weighted by Crippen LogP contribution is 2.38. The third kappa shape index (κ3) is 29.3. The molecular weight excluding hydrogens is 1030 g/mol. The maximum atomic E-state index is 14.3. The van der Waals surface area contributed by atoms with Crippen LogP contribution in [-0.2, 0) is 20.0 Å². The van der Waals surface area contributed by atoms with Gasteiger partial charge in [0.1, 0.15) is 23.6 Å². The first kappa shape index (κ1) is 70.3. The van der Waals surface area contributed by atoms with Crippen molar-refractivity contribution in [3.63, 3.8) is 0 Å². The molecule has 0 aliphatic heterocycles. The molecule has 0 aliphatic rings. The van der Waals surface area contributed by atoms with Crippen molar-refractivity contribution in [2.24, 2.45) is 0 Å². The number of benzene rings is 3. The SMILES string of the molecule is CCCCCCCCCCCCN(CCCCCCCCCCCC)S(=O)(=O)c1ccc(Oc2cc(C#N)c(C#N)cc2Oc2ccc(S(=O)(=O)N(CCCCCCCCCCCC)CCCCCCCCCCCC)cc2)cc1. The van der Waals surface area contributed by atoms with Crippen LogP contribution in [0.3, 0.4) is 0 Å². The van der Waals surface area contributed by atoms with Crippen LogP contribution in [0.25, 0.3) is 0 Å². The van der Waals surface area contributed by atoms with Crippen molar-refractivity contribution in [2.45, 2.75) is 294 Å². The molecule has 0 saturated carbocycles. The molecule has 0 bridgehead atoms. The first-order chi connectivity index (χ1) is 39.0. The van der Waals surface area contributed by atoms with Gasteiger partial charge in [-0.3, -0.25) is 0 Å². The van der Waals surface area contributed by atoms with Crippen molar-refractivity contribution in [1.29, 1.82) is 10.5 Å². The van der Waals surface area contributed by atoms with Crippen molar-refractivity contribution in [3.05, 3.63) is 71.8 Å². The van der Waals surface area contributed by atoms with Crippen molar-refractivity contribution < 1.29 is 26.3 Å². The van der Waals surface area contributed by atoms with E-state index in [1.54, 1.807) is 57.1 Å². The van der Waals surface area contributed by atoms with Gasteiger partial charge in [-0.15, -0.1) is 0 Å². The van der Waals surface area contributed by atoms with Crippen molar-refractivity contribution in [3.8, 4) is 35.1 Å². The third-order valence-corrected chi connectivity index (χ3v) is 19.6. The summed E-state index contributed by atoms with van der Waals surface area (Å²) >= 11 is 0. The van der Waals surface area contributed by atoms with Gasteiger partial charge in [-0.05, 0) is 74.2 Å². The molecule has 3 rings (SSSR count). The van der Waals surface area contributed by atoms with Gasteiger partial charge in [0, 0.05) is 38.3 Å². The quantitative estimate of drug-likeness (QED) is 0.0509. The fraction of sp³-hybridized carbons (Fsp3) is 0.706. The van der Waals surface area contributed by atoms with Crippen LogP contribution in [0, 0.1) is 22.7 Å². The number of nitriles is 2. The molecule has 0 aromatic heterocycles. The molecule has 3 aromatic carbocycles. The fourth-order valence-electron chi connectivity index (χ4n) is 10.6. The number of sulfonamides is 2. The molecule has 0 fully saturated rings. The topological polar surface area (TPSA) is 141 Å². The van der Waals surface area contributed by atoms with E-state index in [0.29, 0.717) is 37.7 Å². The molecule has 0 heterocycles. The highest BCUT2D eigenvalue weighted by Gasteiger charge is 2.26. The van der Waals surface area contributed by atoms with Gasteiger partial charge in [-0.25, -0.2) is 16.8 Å². The minimum absolute atomic E-state index is 0.0926. The van der Waals surface area contributed by atoms with Crippen LogP contribution < -0.4 is 9.47 Å². The summed E-state index contributed by atoms with van der Waals surface area (Å²) in [5, 5.41) is 20.0. The standard InChI is InChI=1S/C68H110N4O6S2/c1-5-9-13-17-21-25-29-33-37-41-53-71(54-42-38-34-30-26-22-18-14-10-6-2)79(73,74)65-49-45-63(46-50-65)77-67-57-61(59-69)62(60-70)58-68(67)78-64-47-51-66(52-48-64)80(75,76)72(55-43-39-35-31-27-23-19-15-11-7-3)56-44-40-36-32-28-24-20-16-12-8-4/h45-52,57-58H,5-44,53-56H2,1-4H3. The highest BCUT2D eigenvalue weighted by atomic mass is 32.2. The zero-order valence-electron chi connectivity index (χ0n) is 50.9. The maximum absolute atomic E-state index is 14.3. The van der Waals surface area contributed by atoms with Gasteiger partial charge in [0.2, 0.25) is 20.0 Å². The van der Waals surface area contributed by atoms with Gasteiger partial charge in [0.25, 0.3) is 0 Å². The Labute approximate surface area is 490 Å². The van der Waals surface area contributed by atoms with Gasteiger partial charge in [0.15, 0.2) is 11.5 Å². The van der Waals surface area contributed by atoms with E-state index >= 15 is 0 Å². The minimum Gasteiger partial charge on any atom is -0.453 e. The predicted molar refractivity (Wildman–Crippen MR) is 334 cm³/mol. The zero-order chi connectivity index (χ0) is 57.8. The Balaban J connectivity index is 1.73. The second kappa shape index (κ2) is 44.6. The summed E-state index contributed by atoms with van der Waals surface area (Å²) in [6.07, 6.45) is 47.3. The molecule has 0 aliphatic carbocycles. The molecule has 3 aromatic rings. The Hall–Kier alpha value is -3.94. The van der Waals surface area contributed by atoms with Crippen LogP contribution in [-0.4, -0.2) is 51.6 Å². The van der Waals surface area contributed by atoms with Crippen LogP contribution in [0.2, 0.25) is 0 Å². The van der Waals surface area contributed by atoms with Crippen molar-refractivity contribution >= 4 is 20.0 Å². The average molecular weight is 1140 g/mol. The lowest BCUT2D eigenvalue weighted by Crippen LogP contribution is -2.33. The molecule has 12 heteroatoms. The van der Waals surface area contributed by atoms with Crippen LogP contribution in [0.5, 0.6) is 23.0 Å². The molecule has 0 unspecified atom stereocenters. The fourth-order valence-corrected chi connectivity index (χ4v) is 13.7. The number of hydrogen-bond donors (Lipinski definition) is 0. The van der Waals surface area contributed by atoms with E-state index in [1.807, 2.05) is 0 Å². The van der Waals surface area contributed by atoms with Gasteiger partial charge in [0.05, 0.1) is 20.9 Å². The highest BCUT2D eigenvalue weighted by molar-refractivity contribution is 7.89. The van der Waals surface area contributed by atoms with Crippen LogP contribution in [0.1, 0.15) is 296 Å². The second-order valence-electron chi connectivity index (χ2n) is 22.8. The number of unbranched alkanes of at least 4 members (excludes halogenated alkanes) is 36. The van der Waals surface area contributed by atoms with E-state index in [4.69, 9.17) is 9.47 Å². The summed E-state index contributed by atoms with van der Waals surface area (Å²) in [4.78, 5) is 0.386. The molecule has 0 radical (unpaired) electrons. The van der Waals surface area contributed by atoms with Gasteiger partial charge in [-0.1, -0.05) is 259 Å². The average Bonchev–Trinajstić information content (AvgIpc) is 3.47. The lowest BCUT2D eigenvalue weighted by Gasteiger charge is -2.23. The monoisotopic (exact) mass is 1140 g/mol. The van der Waals surface area contributed by atoms with Crippen molar-refractivity contribution in [1.82, 2.24) is 8.61 Å². The molecule has 0 N–H and O–H groups in total.